The van der Waals surface area contributed by atoms with Crippen molar-refractivity contribution in [3.05, 3.63) is 34.9 Å². The Labute approximate surface area is 136 Å². The van der Waals surface area contributed by atoms with Gasteiger partial charge in [-0.3, -0.25) is 19.8 Å². The molecule has 1 atom stereocenters. The van der Waals surface area contributed by atoms with Crippen LogP contribution in [0.15, 0.2) is 24.3 Å². The number of nitrogens with one attached hydrogen (secondary N) is 2. The Morgan fingerprint density at radius 2 is 2.09 bits per heavy atom. The average Bonchev–Trinajstić information content (AvgIpc) is 2.67. The summed E-state index contributed by atoms with van der Waals surface area (Å²) < 4.78 is 0. The van der Waals surface area contributed by atoms with Crippen LogP contribution in [0.5, 0.6) is 0 Å². The van der Waals surface area contributed by atoms with Crippen LogP contribution in [0.1, 0.15) is 18.9 Å². The molecule has 23 heavy (non-hydrogen) atoms. The van der Waals surface area contributed by atoms with Crippen molar-refractivity contribution >= 4 is 35.5 Å². The highest BCUT2D eigenvalue weighted by Gasteiger charge is 2.48. The predicted octanol–water partition coefficient (Wildman–Crippen LogP) is 0.692. The van der Waals surface area contributed by atoms with E-state index in [1.807, 2.05) is 5.32 Å². The van der Waals surface area contributed by atoms with Crippen LogP contribution < -0.4 is 16.4 Å². The number of rotatable bonds is 4. The fourth-order valence-corrected chi connectivity index (χ4v) is 2.50. The highest BCUT2D eigenvalue weighted by molar-refractivity contribution is 6.30. The molecule has 0 spiro atoms. The summed E-state index contributed by atoms with van der Waals surface area (Å²) in [5.41, 5.74) is 4.09. The molecule has 0 aromatic heterocycles. The molecule has 0 saturated carbocycles. The second-order valence-corrected chi connectivity index (χ2v) is 5.62. The summed E-state index contributed by atoms with van der Waals surface area (Å²) in [5.74, 6) is -1.17. The Morgan fingerprint density at radius 1 is 1.39 bits per heavy atom. The zero-order valence-electron chi connectivity index (χ0n) is 12.3. The third kappa shape index (κ3) is 3.42. The van der Waals surface area contributed by atoms with Gasteiger partial charge < -0.3 is 11.1 Å². The second kappa shape index (κ2) is 6.25. The molecule has 0 aliphatic carbocycles. The molecule has 1 unspecified atom stereocenters. The zero-order chi connectivity index (χ0) is 17.2. The van der Waals surface area contributed by atoms with Gasteiger partial charge in [0.2, 0.25) is 5.91 Å². The lowest BCUT2D eigenvalue weighted by Crippen LogP contribution is -2.41. The van der Waals surface area contributed by atoms with E-state index in [0.717, 1.165) is 4.90 Å². The van der Waals surface area contributed by atoms with E-state index >= 15 is 0 Å². The molecule has 122 valence electrons. The van der Waals surface area contributed by atoms with Gasteiger partial charge in [-0.05, 0) is 24.6 Å². The highest BCUT2D eigenvalue weighted by atomic mass is 35.5. The first-order chi connectivity index (χ1) is 10.7. The largest absolute Gasteiger partial charge is 0.351 e. The molecule has 0 bridgehead atoms. The maximum absolute atomic E-state index is 12.6. The van der Waals surface area contributed by atoms with Gasteiger partial charge in [0.05, 0.1) is 0 Å². The Balaban J connectivity index is 2.13. The van der Waals surface area contributed by atoms with Crippen LogP contribution >= 0.6 is 11.6 Å². The van der Waals surface area contributed by atoms with E-state index in [0.29, 0.717) is 10.6 Å². The number of primary amides is 1. The molecule has 0 radical (unpaired) electrons. The first-order valence-corrected chi connectivity index (χ1v) is 7.11. The molecule has 1 fully saturated rings. The normalized spacial score (nSPS) is 20.3. The summed E-state index contributed by atoms with van der Waals surface area (Å²) in [7, 11) is 0. The summed E-state index contributed by atoms with van der Waals surface area (Å²) >= 11 is 5.92. The lowest BCUT2D eigenvalue weighted by molar-refractivity contribution is -0.131. The van der Waals surface area contributed by atoms with Crippen molar-refractivity contribution in [3.8, 4) is 0 Å². The molecule has 1 aromatic rings. The van der Waals surface area contributed by atoms with Gasteiger partial charge in [0.25, 0.3) is 5.91 Å². The summed E-state index contributed by atoms with van der Waals surface area (Å²) in [6, 6.07) is 4.98. The molecule has 1 heterocycles. The topological polar surface area (TPSA) is 122 Å². The lowest BCUT2D eigenvalue weighted by Gasteiger charge is -2.22. The van der Waals surface area contributed by atoms with E-state index in [4.69, 9.17) is 17.3 Å². The van der Waals surface area contributed by atoms with E-state index in [9.17, 15) is 19.2 Å². The van der Waals surface area contributed by atoms with Gasteiger partial charge in [-0.15, -0.1) is 0 Å². The second-order valence-electron chi connectivity index (χ2n) is 5.18. The van der Waals surface area contributed by atoms with Crippen LogP contribution in [0.2, 0.25) is 5.02 Å². The molecule has 1 saturated heterocycles. The summed E-state index contributed by atoms with van der Waals surface area (Å²) in [5, 5.41) is 4.90. The molecule has 1 aliphatic heterocycles. The lowest BCUT2D eigenvalue weighted by atomic mass is 9.92. The molecule has 1 aliphatic rings. The number of urea groups is 2. The van der Waals surface area contributed by atoms with Crippen molar-refractivity contribution in [2.45, 2.75) is 18.9 Å². The smallest absolute Gasteiger partial charge is 0.325 e. The Bertz CT molecular complexity index is 693. The Morgan fingerprint density at radius 3 is 2.70 bits per heavy atom. The van der Waals surface area contributed by atoms with E-state index in [2.05, 4.69) is 5.32 Å². The molecule has 2 rings (SSSR count). The van der Waals surface area contributed by atoms with Crippen molar-refractivity contribution in [2.24, 2.45) is 5.73 Å². The minimum Gasteiger partial charge on any atom is -0.351 e. The van der Waals surface area contributed by atoms with Crippen LogP contribution in [0, 0.1) is 0 Å². The van der Waals surface area contributed by atoms with Crippen molar-refractivity contribution in [1.82, 2.24) is 15.5 Å². The maximum Gasteiger partial charge on any atom is 0.325 e. The number of nitrogens with zero attached hydrogens (tertiary/aromatic N) is 1. The molecular weight excluding hydrogens is 324 g/mol. The number of carbonyl (C=O) groups excluding carboxylic acids is 4. The number of nitrogens with two attached hydrogens (primary N) is 1. The van der Waals surface area contributed by atoms with Gasteiger partial charge in [-0.2, -0.15) is 0 Å². The fraction of sp³-hybridized carbons (Fsp3) is 0.286. The number of hydrogen-bond donors (Lipinski definition) is 3. The summed E-state index contributed by atoms with van der Waals surface area (Å²) in [6.07, 6.45) is -0.228. The van der Waals surface area contributed by atoms with Gasteiger partial charge in [0.1, 0.15) is 5.54 Å². The van der Waals surface area contributed by atoms with Crippen LogP contribution in [0.3, 0.4) is 0 Å². The average molecular weight is 339 g/mol. The first kappa shape index (κ1) is 16.8. The third-order valence-electron chi connectivity index (χ3n) is 3.50. The predicted molar refractivity (Wildman–Crippen MR) is 81.4 cm³/mol. The minimum atomic E-state index is -1.26. The summed E-state index contributed by atoms with van der Waals surface area (Å²) in [4.78, 5) is 47.5. The van der Waals surface area contributed by atoms with Crippen molar-refractivity contribution in [2.75, 3.05) is 6.54 Å². The number of benzene rings is 1. The number of halogens is 1. The van der Waals surface area contributed by atoms with E-state index in [-0.39, 0.29) is 13.0 Å². The molecule has 8 nitrogen and oxygen atoms in total. The van der Waals surface area contributed by atoms with Crippen molar-refractivity contribution in [3.63, 3.8) is 0 Å². The van der Waals surface area contributed by atoms with Gasteiger partial charge in [-0.25, -0.2) is 9.59 Å². The number of imide groups is 2. The molecule has 6 amide bonds. The molecular formula is C14H15ClN4O4. The molecule has 4 N–H and O–H groups in total. The van der Waals surface area contributed by atoms with Gasteiger partial charge in [0.15, 0.2) is 0 Å². The van der Waals surface area contributed by atoms with E-state index in [1.54, 1.807) is 31.2 Å². The van der Waals surface area contributed by atoms with Gasteiger partial charge in [-0.1, -0.05) is 23.7 Å². The SMILES string of the molecule is CC1(c2cccc(Cl)c2)NC(=O)N(CCC(=O)NC(N)=O)C1=O. The van der Waals surface area contributed by atoms with Gasteiger partial charge in [0, 0.05) is 18.0 Å². The standard InChI is InChI=1S/C14H15ClN4O4/c1-14(8-3-2-4-9(15)7-8)11(21)19(13(23)18-14)6-5-10(20)17-12(16)22/h2-4,7H,5-6H2,1H3,(H,18,23)(H3,16,17,20,22). The van der Waals surface area contributed by atoms with Gasteiger partial charge >= 0.3 is 12.1 Å². The zero-order valence-corrected chi connectivity index (χ0v) is 13.0. The summed E-state index contributed by atoms with van der Waals surface area (Å²) in [6.45, 7) is 1.39. The minimum absolute atomic E-state index is 0.167. The van der Waals surface area contributed by atoms with Crippen molar-refractivity contribution in [1.29, 1.82) is 0 Å². The van der Waals surface area contributed by atoms with E-state index < -0.39 is 29.4 Å². The first-order valence-electron chi connectivity index (χ1n) is 6.73. The van der Waals surface area contributed by atoms with Crippen LogP contribution in [0.4, 0.5) is 9.59 Å². The fourth-order valence-electron chi connectivity index (χ4n) is 2.31. The Hall–Kier alpha value is -2.61. The van der Waals surface area contributed by atoms with Crippen LogP contribution in [-0.4, -0.2) is 35.3 Å². The van der Waals surface area contributed by atoms with Crippen molar-refractivity contribution < 1.29 is 19.2 Å². The van der Waals surface area contributed by atoms with Crippen LogP contribution in [0.25, 0.3) is 0 Å². The maximum atomic E-state index is 12.6. The Kier molecular flexibility index (Phi) is 4.55. The van der Waals surface area contributed by atoms with Crippen LogP contribution in [-0.2, 0) is 15.1 Å². The highest BCUT2D eigenvalue weighted by Crippen LogP contribution is 2.30. The molecule has 9 heteroatoms. The molecule has 1 aromatic carbocycles. The number of hydrogen-bond acceptors (Lipinski definition) is 4. The third-order valence-corrected chi connectivity index (χ3v) is 3.74. The van der Waals surface area contributed by atoms with E-state index in [1.165, 1.54) is 0 Å². The quantitative estimate of drug-likeness (QED) is 0.699. The number of amides is 6. The monoisotopic (exact) mass is 338 g/mol. The number of carbonyl (C=O) groups is 4.